The first kappa shape index (κ1) is 11.7. The smallest absolute Gasteiger partial charge is 0.407 e. The van der Waals surface area contributed by atoms with E-state index in [0.29, 0.717) is 17.3 Å². The van der Waals surface area contributed by atoms with Crippen LogP contribution in [0.3, 0.4) is 0 Å². The third kappa shape index (κ3) is 3.02. The summed E-state index contributed by atoms with van der Waals surface area (Å²) in [6.07, 6.45) is -0.970. The lowest BCUT2D eigenvalue weighted by atomic mass is 10.2. The Kier molecular flexibility index (Phi) is 3.80. The summed E-state index contributed by atoms with van der Waals surface area (Å²) >= 11 is 5.90. The molecule has 1 amide bonds. The van der Waals surface area contributed by atoms with Crippen molar-refractivity contribution in [3.63, 3.8) is 0 Å². The van der Waals surface area contributed by atoms with Gasteiger partial charge in [0.15, 0.2) is 0 Å². The molecular weight excluding hydrogens is 218 g/mol. The molecule has 0 aromatic heterocycles. The highest BCUT2D eigenvalue weighted by Crippen LogP contribution is 2.25. The van der Waals surface area contributed by atoms with Crippen molar-refractivity contribution < 1.29 is 14.6 Å². The van der Waals surface area contributed by atoms with Crippen molar-refractivity contribution in [2.75, 3.05) is 14.2 Å². The van der Waals surface area contributed by atoms with Gasteiger partial charge in [0.1, 0.15) is 5.75 Å². The number of nitrogens with zero attached hydrogens (tertiary/aromatic N) is 1. The molecule has 0 unspecified atom stereocenters. The van der Waals surface area contributed by atoms with Crippen LogP contribution in [-0.4, -0.2) is 30.3 Å². The van der Waals surface area contributed by atoms with Crippen molar-refractivity contribution in [1.29, 1.82) is 0 Å². The van der Waals surface area contributed by atoms with Gasteiger partial charge in [-0.15, -0.1) is 0 Å². The fraction of sp³-hybridized carbons (Fsp3) is 0.300. The molecule has 0 aliphatic rings. The van der Waals surface area contributed by atoms with Gasteiger partial charge in [-0.05, 0) is 17.7 Å². The third-order valence-corrected chi connectivity index (χ3v) is 2.26. The molecule has 0 atom stereocenters. The summed E-state index contributed by atoms with van der Waals surface area (Å²) in [5.41, 5.74) is 0.825. The van der Waals surface area contributed by atoms with Crippen LogP contribution >= 0.6 is 11.6 Å². The Morgan fingerprint density at radius 1 is 1.60 bits per heavy atom. The van der Waals surface area contributed by atoms with Crippen LogP contribution in [-0.2, 0) is 6.54 Å². The molecule has 0 bridgehead atoms. The van der Waals surface area contributed by atoms with E-state index in [1.54, 1.807) is 18.2 Å². The predicted octanol–water partition coefficient (Wildman–Crippen LogP) is 2.46. The molecule has 0 saturated heterocycles. The number of halogens is 1. The summed E-state index contributed by atoms with van der Waals surface area (Å²) in [5, 5.41) is 9.16. The van der Waals surface area contributed by atoms with E-state index >= 15 is 0 Å². The first-order valence-corrected chi connectivity index (χ1v) is 4.69. The lowest BCUT2D eigenvalue weighted by molar-refractivity contribution is 0.154. The SMILES string of the molecule is COc1ccc(CN(C)C(=O)O)cc1Cl. The maximum absolute atomic E-state index is 10.6. The van der Waals surface area contributed by atoms with E-state index in [1.165, 1.54) is 19.1 Å². The quantitative estimate of drug-likeness (QED) is 0.866. The molecule has 0 heterocycles. The summed E-state index contributed by atoms with van der Waals surface area (Å²) in [7, 11) is 3.03. The molecule has 0 aliphatic heterocycles. The lowest BCUT2D eigenvalue weighted by Gasteiger charge is -2.13. The van der Waals surface area contributed by atoms with Crippen molar-refractivity contribution in [2.45, 2.75) is 6.54 Å². The van der Waals surface area contributed by atoms with Gasteiger partial charge in [0.05, 0.1) is 12.1 Å². The summed E-state index contributed by atoms with van der Waals surface area (Å²) < 4.78 is 4.99. The zero-order chi connectivity index (χ0) is 11.4. The normalized spacial score (nSPS) is 9.80. The second-order valence-corrected chi connectivity index (χ2v) is 3.51. The van der Waals surface area contributed by atoms with E-state index in [2.05, 4.69) is 0 Å². The number of hydrogen-bond acceptors (Lipinski definition) is 2. The monoisotopic (exact) mass is 229 g/mol. The van der Waals surface area contributed by atoms with Gasteiger partial charge in [0, 0.05) is 13.6 Å². The maximum atomic E-state index is 10.6. The molecule has 0 radical (unpaired) electrons. The Bertz CT molecular complexity index is 368. The Balaban J connectivity index is 2.79. The zero-order valence-electron chi connectivity index (χ0n) is 8.53. The Hall–Kier alpha value is -1.42. The molecule has 4 nitrogen and oxygen atoms in total. The number of methoxy groups -OCH3 is 1. The van der Waals surface area contributed by atoms with E-state index < -0.39 is 6.09 Å². The van der Waals surface area contributed by atoms with Gasteiger partial charge in [-0.25, -0.2) is 4.79 Å². The molecule has 1 aromatic carbocycles. The molecule has 1 N–H and O–H groups in total. The molecule has 82 valence electrons. The number of ether oxygens (including phenoxy) is 1. The molecule has 1 aromatic rings. The van der Waals surface area contributed by atoms with E-state index in [4.69, 9.17) is 21.4 Å². The van der Waals surface area contributed by atoms with Crippen molar-refractivity contribution >= 4 is 17.7 Å². The zero-order valence-corrected chi connectivity index (χ0v) is 9.28. The summed E-state index contributed by atoms with van der Waals surface area (Å²) in [6.45, 7) is 0.305. The van der Waals surface area contributed by atoms with Gasteiger partial charge in [-0.3, -0.25) is 0 Å². The van der Waals surface area contributed by atoms with Gasteiger partial charge in [-0.2, -0.15) is 0 Å². The number of carboxylic acid groups (broad SMARTS) is 1. The largest absolute Gasteiger partial charge is 0.495 e. The molecule has 0 saturated carbocycles. The average Bonchev–Trinajstić information content (AvgIpc) is 2.18. The highest BCUT2D eigenvalue weighted by atomic mass is 35.5. The number of rotatable bonds is 3. The van der Waals surface area contributed by atoms with Crippen molar-refractivity contribution in [3.05, 3.63) is 28.8 Å². The van der Waals surface area contributed by atoms with E-state index in [-0.39, 0.29) is 0 Å². The van der Waals surface area contributed by atoms with Crippen molar-refractivity contribution in [1.82, 2.24) is 4.90 Å². The fourth-order valence-electron chi connectivity index (χ4n) is 1.15. The minimum Gasteiger partial charge on any atom is -0.495 e. The van der Waals surface area contributed by atoms with Gasteiger partial charge < -0.3 is 14.7 Å². The van der Waals surface area contributed by atoms with Crippen LogP contribution in [0, 0.1) is 0 Å². The summed E-state index contributed by atoms with van der Waals surface area (Å²) in [6, 6.07) is 5.19. The first-order chi connectivity index (χ1) is 7.04. The molecule has 0 spiro atoms. The topological polar surface area (TPSA) is 49.8 Å². The minimum atomic E-state index is -0.970. The maximum Gasteiger partial charge on any atom is 0.407 e. The van der Waals surface area contributed by atoms with E-state index in [9.17, 15) is 4.79 Å². The number of benzene rings is 1. The van der Waals surface area contributed by atoms with Gasteiger partial charge >= 0.3 is 6.09 Å². The van der Waals surface area contributed by atoms with Gasteiger partial charge in [0.25, 0.3) is 0 Å². The Morgan fingerprint density at radius 2 is 2.27 bits per heavy atom. The molecular formula is C10H12ClNO3. The molecule has 0 fully saturated rings. The second-order valence-electron chi connectivity index (χ2n) is 3.11. The predicted molar refractivity (Wildman–Crippen MR) is 57.5 cm³/mol. The lowest BCUT2D eigenvalue weighted by Crippen LogP contribution is -2.23. The third-order valence-electron chi connectivity index (χ3n) is 1.96. The van der Waals surface area contributed by atoms with Crippen molar-refractivity contribution in [3.8, 4) is 5.75 Å². The van der Waals surface area contributed by atoms with Crippen molar-refractivity contribution in [2.24, 2.45) is 0 Å². The van der Waals surface area contributed by atoms with Crippen LogP contribution in [0.15, 0.2) is 18.2 Å². The standard InChI is InChI=1S/C10H12ClNO3/c1-12(10(13)14)6-7-3-4-9(15-2)8(11)5-7/h3-5H,6H2,1-2H3,(H,13,14). The van der Waals surface area contributed by atoms with E-state index in [0.717, 1.165) is 5.56 Å². The van der Waals surface area contributed by atoms with Crippen LogP contribution in [0.5, 0.6) is 5.75 Å². The van der Waals surface area contributed by atoms with Crippen LogP contribution in [0.1, 0.15) is 5.56 Å². The highest BCUT2D eigenvalue weighted by molar-refractivity contribution is 6.32. The van der Waals surface area contributed by atoms with Crippen LogP contribution in [0.4, 0.5) is 4.79 Å². The summed E-state index contributed by atoms with van der Waals surface area (Å²) in [4.78, 5) is 11.8. The van der Waals surface area contributed by atoms with Gasteiger partial charge in [0.2, 0.25) is 0 Å². The molecule has 5 heteroatoms. The number of hydrogen-bond donors (Lipinski definition) is 1. The Labute approximate surface area is 93.0 Å². The van der Waals surface area contributed by atoms with Crippen LogP contribution in [0.25, 0.3) is 0 Å². The minimum absolute atomic E-state index is 0.305. The van der Waals surface area contributed by atoms with Gasteiger partial charge in [-0.1, -0.05) is 17.7 Å². The highest BCUT2D eigenvalue weighted by Gasteiger charge is 2.07. The Morgan fingerprint density at radius 3 is 2.73 bits per heavy atom. The fourth-order valence-corrected chi connectivity index (χ4v) is 1.43. The summed E-state index contributed by atoms with van der Waals surface area (Å²) in [5.74, 6) is 0.582. The average molecular weight is 230 g/mol. The number of carbonyl (C=O) groups is 1. The molecule has 15 heavy (non-hydrogen) atoms. The van der Waals surface area contributed by atoms with E-state index in [1.807, 2.05) is 0 Å². The molecule has 1 rings (SSSR count). The second kappa shape index (κ2) is 4.89. The molecule has 0 aliphatic carbocycles. The first-order valence-electron chi connectivity index (χ1n) is 4.31. The van der Waals surface area contributed by atoms with Crippen LogP contribution in [0.2, 0.25) is 5.02 Å². The number of amides is 1. The van der Waals surface area contributed by atoms with Crippen LogP contribution < -0.4 is 4.74 Å².